The van der Waals surface area contributed by atoms with Gasteiger partial charge in [-0.25, -0.2) is 0 Å². The summed E-state index contributed by atoms with van der Waals surface area (Å²) < 4.78 is 5.35. The molecule has 2 nitrogen and oxygen atoms in total. The summed E-state index contributed by atoms with van der Waals surface area (Å²) in [7, 11) is 0. The van der Waals surface area contributed by atoms with E-state index in [1.54, 1.807) is 6.08 Å². The monoisotopic (exact) mass is 380 g/mol. The van der Waals surface area contributed by atoms with Gasteiger partial charge in [0.05, 0.1) is 5.41 Å². The second-order valence-corrected chi connectivity index (χ2v) is 8.22. The molecule has 0 aliphatic rings. The molecule has 0 rings (SSSR count). The van der Waals surface area contributed by atoms with Gasteiger partial charge in [-0.1, -0.05) is 123 Å². The average Bonchev–Trinajstić information content (AvgIpc) is 2.69. The molecule has 0 saturated heterocycles. The molecule has 0 aromatic rings. The standard InChI is InChI=1S/C25H48O2/c1-5-9-10-11-12-13-14-15-16-17-18-19-20-21-22-25(7-3,8-4)24(26)27-23-6-2/h6H,2,5,7-23H2,1,3-4H3. The Balaban J connectivity index is 3.63. The average molecular weight is 381 g/mol. The molecular formula is C25H48O2. The van der Waals surface area contributed by atoms with Crippen LogP contribution >= 0.6 is 0 Å². The predicted octanol–water partition coefficient (Wildman–Crippen LogP) is 8.39. The predicted molar refractivity (Wildman–Crippen MR) is 119 cm³/mol. The highest BCUT2D eigenvalue weighted by Crippen LogP contribution is 2.34. The van der Waals surface area contributed by atoms with Gasteiger partial charge in [0.15, 0.2) is 0 Å². The molecule has 0 fully saturated rings. The third-order valence-electron chi connectivity index (χ3n) is 6.13. The second kappa shape index (κ2) is 18.6. The van der Waals surface area contributed by atoms with Crippen molar-refractivity contribution >= 4 is 5.97 Å². The highest BCUT2D eigenvalue weighted by Gasteiger charge is 2.35. The van der Waals surface area contributed by atoms with Crippen LogP contribution in [0.15, 0.2) is 12.7 Å². The minimum absolute atomic E-state index is 0.0258. The Morgan fingerprint density at radius 2 is 1.15 bits per heavy atom. The van der Waals surface area contributed by atoms with Crippen LogP contribution < -0.4 is 0 Å². The molecule has 0 bridgehead atoms. The fraction of sp³-hybridized carbons (Fsp3) is 0.880. The lowest BCUT2D eigenvalue weighted by Gasteiger charge is -2.29. The Hall–Kier alpha value is -0.790. The van der Waals surface area contributed by atoms with Crippen LogP contribution in [0.3, 0.4) is 0 Å². The molecule has 160 valence electrons. The van der Waals surface area contributed by atoms with E-state index in [0.717, 1.165) is 25.7 Å². The smallest absolute Gasteiger partial charge is 0.312 e. The van der Waals surface area contributed by atoms with E-state index in [9.17, 15) is 4.79 Å². The van der Waals surface area contributed by atoms with Crippen molar-refractivity contribution in [3.05, 3.63) is 12.7 Å². The number of carbonyl (C=O) groups is 1. The van der Waals surface area contributed by atoms with Crippen molar-refractivity contribution in [3.63, 3.8) is 0 Å². The zero-order chi connectivity index (χ0) is 20.2. The summed E-state index contributed by atoms with van der Waals surface area (Å²) >= 11 is 0. The van der Waals surface area contributed by atoms with E-state index in [1.807, 2.05) is 0 Å². The third kappa shape index (κ3) is 13.1. The molecule has 0 heterocycles. The highest BCUT2D eigenvalue weighted by atomic mass is 16.5. The van der Waals surface area contributed by atoms with E-state index in [1.165, 1.54) is 83.5 Å². The number of hydrogen-bond acceptors (Lipinski definition) is 2. The third-order valence-corrected chi connectivity index (χ3v) is 6.13. The van der Waals surface area contributed by atoms with E-state index in [4.69, 9.17) is 4.74 Å². The molecule has 0 radical (unpaired) electrons. The Morgan fingerprint density at radius 3 is 1.52 bits per heavy atom. The van der Waals surface area contributed by atoms with Gasteiger partial charge in [0.2, 0.25) is 0 Å². The lowest BCUT2D eigenvalue weighted by molar-refractivity contribution is -0.155. The molecule has 0 aromatic carbocycles. The first-order chi connectivity index (χ1) is 13.2. The Labute approximate surface area is 170 Å². The van der Waals surface area contributed by atoms with E-state index >= 15 is 0 Å². The van der Waals surface area contributed by atoms with Crippen LogP contribution in [0.1, 0.15) is 130 Å². The van der Waals surface area contributed by atoms with Crippen LogP contribution in [0.5, 0.6) is 0 Å². The van der Waals surface area contributed by atoms with Crippen LogP contribution in [0.2, 0.25) is 0 Å². The topological polar surface area (TPSA) is 26.3 Å². The van der Waals surface area contributed by atoms with Crippen LogP contribution in [0.25, 0.3) is 0 Å². The molecule has 0 N–H and O–H groups in total. The highest BCUT2D eigenvalue weighted by molar-refractivity contribution is 5.76. The van der Waals surface area contributed by atoms with Gasteiger partial charge in [-0.15, -0.1) is 0 Å². The number of ether oxygens (including phenoxy) is 1. The molecule has 0 spiro atoms. The summed E-state index contributed by atoms with van der Waals surface area (Å²) in [6.45, 7) is 10.5. The summed E-state index contributed by atoms with van der Waals surface area (Å²) in [5, 5.41) is 0. The molecule has 27 heavy (non-hydrogen) atoms. The van der Waals surface area contributed by atoms with Crippen LogP contribution in [-0.2, 0) is 9.53 Å². The lowest BCUT2D eigenvalue weighted by atomic mass is 9.77. The molecule has 0 atom stereocenters. The van der Waals surface area contributed by atoms with Crippen molar-refractivity contribution in [2.24, 2.45) is 5.41 Å². The quantitative estimate of drug-likeness (QED) is 0.120. The number of hydrogen-bond donors (Lipinski definition) is 0. The van der Waals surface area contributed by atoms with Crippen molar-refractivity contribution in [2.45, 2.75) is 130 Å². The lowest BCUT2D eigenvalue weighted by Crippen LogP contribution is -2.32. The van der Waals surface area contributed by atoms with Gasteiger partial charge in [0.1, 0.15) is 6.61 Å². The fourth-order valence-corrected chi connectivity index (χ4v) is 3.94. The molecule has 2 heteroatoms. The number of rotatable bonds is 20. The second-order valence-electron chi connectivity index (χ2n) is 8.22. The number of unbranched alkanes of at least 4 members (excludes halogenated alkanes) is 13. The minimum atomic E-state index is -0.278. The maximum Gasteiger partial charge on any atom is 0.312 e. The molecule has 0 saturated carbocycles. The van der Waals surface area contributed by atoms with Gasteiger partial charge in [-0.2, -0.15) is 0 Å². The van der Waals surface area contributed by atoms with Gasteiger partial charge in [-0.05, 0) is 19.3 Å². The SMILES string of the molecule is C=CCOC(=O)C(CC)(CC)CCCCCCCCCCCCCCCC. The first-order valence-electron chi connectivity index (χ1n) is 11.9. The summed E-state index contributed by atoms with van der Waals surface area (Å²) in [5.74, 6) is -0.0258. The van der Waals surface area contributed by atoms with Crippen LogP contribution in [0.4, 0.5) is 0 Å². The molecule has 0 amide bonds. The van der Waals surface area contributed by atoms with E-state index in [2.05, 4.69) is 27.4 Å². The van der Waals surface area contributed by atoms with E-state index in [0.29, 0.717) is 6.61 Å². The van der Waals surface area contributed by atoms with Gasteiger partial charge in [-0.3, -0.25) is 4.79 Å². The first kappa shape index (κ1) is 26.2. The van der Waals surface area contributed by atoms with Crippen molar-refractivity contribution in [1.29, 1.82) is 0 Å². The molecule has 0 aliphatic heterocycles. The molecular weight excluding hydrogens is 332 g/mol. The minimum Gasteiger partial charge on any atom is -0.461 e. The zero-order valence-electron chi connectivity index (χ0n) is 18.8. The van der Waals surface area contributed by atoms with Gasteiger partial charge < -0.3 is 4.74 Å². The van der Waals surface area contributed by atoms with Gasteiger partial charge in [0, 0.05) is 0 Å². The van der Waals surface area contributed by atoms with Gasteiger partial charge in [0.25, 0.3) is 0 Å². The van der Waals surface area contributed by atoms with Crippen LogP contribution in [0, 0.1) is 5.41 Å². The molecule has 0 aromatic heterocycles. The summed E-state index contributed by atoms with van der Waals surface area (Å²) in [5.41, 5.74) is -0.278. The zero-order valence-corrected chi connectivity index (χ0v) is 18.8. The summed E-state index contributed by atoms with van der Waals surface area (Å²) in [4.78, 5) is 12.4. The van der Waals surface area contributed by atoms with Crippen molar-refractivity contribution in [1.82, 2.24) is 0 Å². The summed E-state index contributed by atoms with van der Waals surface area (Å²) in [6, 6.07) is 0. The Kier molecular flexibility index (Phi) is 18.0. The maximum absolute atomic E-state index is 12.4. The number of carbonyl (C=O) groups excluding carboxylic acids is 1. The first-order valence-corrected chi connectivity index (χ1v) is 11.9. The van der Waals surface area contributed by atoms with E-state index in [-0.39, 0.29) is 11.4 Å². The van der Waals surface area contributed by atoms with Crippen molar-refractivity contribution in [3.8, 4) is 0 Å². The summed E-state index contributed by atoms with van der Waals surface area (Å²) in [6.07, 6.45) is 23.5. The number of esters is 1. The fourth-order valence-electron chi connectivity index (χ4n) is 3.94. The molecule has 0 unspecified atom stereocenters. The largest absolute Gasteiger partial charge is 0.461 e. The van der Waals surface area contributed by atoms with Gasteiger partial charge >= 0.3 is 5.97 Å². The van der Waals surface area contributed by atoms with Crippen LogP contribution in [-0.4, -0.2) is 12.6 Å². The van der Waals surface area contributed by atoms with E-state index < -0.39 is 0 Å². The van der Waals surface area contributed by atoms with Crippen molar-refractivity contribution < 1.29 is 9.53 Å². The Bertz CT molecular complexity index is 344. The Morgan fingerprint density at radius 1 is 0.741 bits per heavy atom. The maximum atomic E-state index is 12.4. The normalized spacial score (nSPS) is 11.5. The van der Waals surface area contributed by atoms with Crippen molar-refractivity contribution in [2.75, 3.05) is 6.61 Å². The molecule has 0 aliphatic carbocycles.